The van der Waals surface area contributed by atoms with Gasteiger partial charge < -0.3 is 4.90 Å². The van der Waals surface area contributed by atoms with Gasteiger partial charge in [-0.05, 0) is 49.8 Å². The van der Waals surface area contributed by atoms with E-state index >= 15 is 0 Å². The molecule has 3 nitrogen and oxygen atoms in total. The molecule has 132 valence electrons. The first kappa shape index (κ1) is 17.3. The fraction of sp³-hybridized carbons (Fsp3) is 0.474. The third-order valence-electron chi connectivity index (χ3n) is 5.39. The van der Waals surface area contributed by atoms with Gasteiger partial charge in [0.15, 0.2) is 0 Å². The van der Waals surface area contributed by atoms with Crippen LogP contribution in [0.3, 0.4) is 0 Å². The molecule has 2 fully saturated rings. The zero-order valence-electron chi connectivity index (χ0n) is 13.9. The molecule has 0 bridgehead atoms. The highest BCUT2D eigenvalue weighted by Crippen LogP contribution is 2.37. The molecule has 1 aromatic heterocycles. The topological polar surface area (TPSA) is 33.2 Å². The Morgan fingerprint density at radius 3 is 2.84 bits per heavy atom. The number of amides is 1. The third kappa shape index (κ3) is 3.44. The van der Waals surface area contributed by atoms with Crippen LogP contribution in [0.25, 0.3) is 10.6 Å². The van der Waals surface area contributed by atoms with E-state index in [9.17, 15) is 4.79 Å². The number of halogens is 2. The molecule has 0 radical (unpaired) electrons. The molecule has 0 spiro atoms. The van der Waals surface area contributed by atoms with Crippen molar-refractivity contribution >= 4 is 40.4 Å². The molecule has 2 unspecified atom stereocenters. The number of aromatic nitrogens is 1. The lowest BCUT2D eigenvalue weighted by molar-refractivity contribution is 0.0386. The van der Waals surface area contributed by atoms with Crippen LogP contribution in [0.5, 0.6) is 0 Å². The number of fused-ring (bicyclic) bond motifs is 1. The Hall–Kier alpha value is -1.10. The number of hydrogen-bond donors (Lipinski definition) is 0. The van der Waals surface area contributed by atoms with Crippen molar-refractivity contribution in [3.05, 3.63) is 39.3 Å². The van der Waals surface area contributed by atoms with Gasteiger partial charge in [0, 0.05) is 28.6 Å². The number of thiazole rings is 1. The molecule has 2 atom stereocenters. The second kappa shape index (κ2) is 7.26. The molecule has 25 heavy (non-hydrogen) atoms. The van der Waals surface area contributed by atoms with E-state index in [0.29, 0.717) is 27.7 Å². The summed E-state index contributed by atoms with van der Waals surface area (Å²) in [5.74, 6) is 0.740. The normalized spacial score (nSPS) is 23.4. The molecule has 1 saturated heterocycles. The molecule has 6 heteroatoms. The first-order chi connectivity index (χ1) is 12.1. The Balaban J connectivity index is 1.59. The lowest BCUT2D eigenvalue weighted by atomic mass is 9.78. The van der Waals surface area contributed by atoms with E-state index in [1.54, 1.807) is 18.2 Å². The number of likely N-dealkylation sites (tertiary alicyclic amines) is 1. The molecule has 1 saturated carbocycles. The largest absolute Gasteiger partial charge is 0.334 e. The van der Waals surface area contributed by atoms with Gasteiger partial charge in [-0.25, -0.2) is 4.98 Å². The summed E-state index contributed by atoms with van der Waals surface area (Å²) in [4.78, 5) is 19.7. The van der Waals surface area contributed by atoms with Crippen molar-refractivity contribution in [1.82, 2.24) is 9.88 Å². The molecule has 1 aliphatic carbocycles. The van der Waals surface area contributed by atoms with Crippen molar-refractivity contribution in [2.24, 2.45) is 5.92 Å². The van der Waals surface area contributed by atoms with Gasteiger partial charge >= 0.3 is 0 Å². The van der Waals surface area contributed by atoms with E-state index in [4.69, 9.17) is 23.2 Å². The summed E-state index contributed by atoms with van der Waals surface area (Å²) in [5.41, 5.74) is 1.31. The number of piperidine rings is 1. The van der Waals surface area contributed by atoms with E-state index in [1.807, 2.05) is 5.38 Å². The lowest BCUT2D eigenvalue weighted by Gasteiger charge is -2.43. The maximum Gasteiger partial charge on any atom is 0.273 e. The van der Waals surface area contributed by atoms with Crippen molar-refractivity contribution < 1.29 is 4.79 Å². The number of carbonyl (C=O) groups excluding carboxylic acids is 1. The zero-order chi connectivity index (χ0) is 17.4. The molecule has 2 heterocycles. The van der Waals surface area contributed by atoms with Gasteiger partial charge in [0.2, 0.25) is 0 Å². The van der Waals surface area contributed by atoms with E-state index in [2.05, 4.69) is 9.88 Å². The number of benzene rings is 1. The summed E-state index contributed by atoms with van der Waals surface area (Å²) in [6, 6.07) is 5.72. The molecule has 1 aromatic carbocycles. The highest BCUT2D eigenvalue weighted by Gasteiger charge is 2.36. The summed E-state index contributed by atoms with van der Waals surface area (Å²) in [6.07, 6.45) is 7.28. The molecular formula is C19H20Cl2N2OS. The van der Waals surface area contributed by atoms with Crippen LogP contribution in [-0.2, 0) is 0 Å². The highest BCUT2D eigenvalue weighted by atomic mass is 35.5. The molecule has 0 N–H and O–H groups in total. The SMILES string of the molecule is O=C(c1csc(-c2cc(Cl)ccc2Cl)n1)N1CCCC2CCCCC21. The third-order valence-corrected chi connectivity index (χ3v) is 6.83. The van der Waals surface area contributed by atoms with Crippen LogP contribution < -0.4 is 0 Å². The molecule has 1 amide bonds. The van der Waals surface area contributed by atoms with Gasteiger partial charge in [0.25, 0.3) is 5.91 Å². The Kier molecular flexibility index (Phi) is 5.03. The summed E-state index contributed by atoms with van der Waals surface area (Å²) in [5, 5.41) is 3.81. The molecule has 2 aliphatic rings. The fourth-order valence-electron chi connectivity index (χ4n) is 4.18. The summed E-state index contributed by atoms with van der Waals surface area (Å²) >= 11 is 13.8. The van der Waals surface area contributed by atoms with E-state index in [-0.39, 0.29) is 5.91 Å². The minimum absolute atomic E-state index is 0.0669. The van der Waals surface area contributed by atoms with Crippen LogP contribution in [0.1, 0.15) is 49.0 Å². The van der Waals surface area contributed by atoms with Gasteiger partial charge in [0.1, 0.15) is 10.7 Å². The number of nitrogens with zero attached hydrogens (tertiary/aromatic N) is 2. The molecule has 1 aliphatic heterocycles. The van der Waals surface area contributed by atoms with Gasteiger partial charge in [-0.15, -0.1) is 11.3 Å². The Morgan fingerprint density at radius 1 is 1.16 bits per heavy atom. The van der Waals surface area contributed by atoms with Crippen LogP contribution >= 0.6 is 34.5 Å². The number of carbonyl (C=O) groups is 1. The van der Waals surface area contributed by atoms with Crippen molar-refractivity contribution in [1.29, 1.82) is 0 Å². The average Bonchev–Trinajstić information content (AvgIpc) is 3.12. The summed E-state index contributed by atoms with van der Waals surface area (Å²) in [6.45, 7) is 0.852. The average molecular weight is 395 g/mol. The van der Waals surface area contributed by atoms with E-state index in [0.717, 1.165) is 30.0 Å². The summed E-state index contributed by atoms with van der Waals surface area (Å²) < 4.78 is 0. The summed E-state index contributed by atoms with van der Waals surface area (Å²) in [7, 11) is 0. The molecule has 4 rings (SSSR count). The Labute approximate surface area is 162 Å². The Bertz CT molecular complexity index is 789. The van der Waals surface area contributed by atoms with Crippen LogP contribution in [0.2, 0.25) is 10.0 Å². The maximum atomic E-state index is 13.1. The molecular weight excluding hydrogens is 375 g/mol. The van der Waals surface area contributed by atoms with Gasteiger partial charge in [-0.2, -0.15) is 0 Å². The van der Waals surface area contributed by atoms with E-state index < -0.39 is 0 Å². The zero-order valence-corrected chi connectivity index (χ0v) is 16.2. The van der Waals surface area contributed by atoms with Crippen LogP contribution in [-0.4, -0.2) is 28.4 Å². The monoisotopic (exact) mass is 394 g/mol. The minimum atomic E-state index is 0.0669. The van der Waals surface area contributed by atoms with Crippen molar-refractivity contribution in [3.8, 4) is 10.6 Å². The Morgan fingerprint density at radius 2 is 1.96 bits per heavy atom. The van der Waals surface area contributed by atoms with Gasteiger partial charge in [0.05, 0.1) is 5.02 Å². The first-order valence-corrected chi connectivity index (χ1v) is 10.5. The highest BCUT2D eigenvalue weighted by molar-refractivity contribution is 7.13. The maximum absolute atomic E-state index is 13.1. The first-order valence-electron chi connectivity index (χ1n) is 8.85. The minimum Gasteiger partial charge on any atom is -0.334 e. The predicted octanol–water partition coefficient (Wildman–Crippen LogP) is 5.91. The van der Waals surface area contributed by atoms with Crippen LogP contribution in [0, 0.1) is 5.92 Å². The number of rotatable bonds is 2. The number of hydrogen-bond acceptors (Lipinski definition) is 3. The lowest BCUT2D eigenvalue weighted by Crippen LogP contribution is -2.49. The van der Waals surface area contributed by atoms with Crippen molar-refractivity contribution in [2.45, 2.75) is 44.6 Å². The smallest absolute Gasteiger partial charge is 0.273 e. The fourth-order valence-corrected chi connectivity index (χ4v) is 5.44. The standard InChI is InChI=1S/C19H20Cl2N2OS/c20-13-7-8-15(21)14(10-13)18-22-16(11-25-18)19(24)23-9-3-5-12-4-1-2-6-17(12)23/h7-8,10-12,17H,1-6,9H2. The van der Waals surface area contributed by atoms with Gasteiger partial charge in [-0.3, -0.25) is 4.79 Å². The second-order valence-electron chi connectivity index (χ2n) is 6.91. The van der Waals surface area contributed by atoms with E-state index in [1.165, 1.54) is 37.0 Å². The van der Waals surface area contributed by atoms with Gasteiger partial charge in [-0.1, -0.05) is 36.0 Å². The predicted molar refractivity (Wildman–Crippen MR) is 104 cm³/mol. The molecule has 2 aromatic rings. The quantitative estimate of drug-likeness (QED) is 0.633. The second-order valence-corrected chi connectivity index (χ2v) is 8.62. The van der Waals surface area contributed by atoms with Crippen molar-refractivity contribution in [3.63, 3.8) is 0 Å². The van der Waals surface area contributed by atoms with Crippen LogP contribution in [0.15, 0.2) is 23.6 Å². The van der Waals surface area contributed by atoms with Crippen LogP contribution in [0.4, 0.5) is 0 Å². The van der Waals surface area contributed by atoms with Crippen molar-refractivity contribution in [2.75, 3.05) is 6.54 Å².